The van der Waals surface area contributed by atoms with Crippen molar-refractivity contribution in [2.24, 2.45) is 0 Å². The quantitative estimate of drug-likeness (QED) is 0.853. The molecule has 1 unspecified atom stereocenters. The van der Waals surface area contributed by atoms with Crippen molar-refractivity contribution in [2.75, 3.05) is 31.1 Å². The summed E-state index contributed by atoms with van der Waals surface area (Å²) in [6.07, 6.45) is 1.23. The largest absolute Gasteiger partial charge is 0.399 e. The summed E-state index contributed by atoms with van der Waals surface area (Å²) in [7, 11) is 0. The van der Waals surface area contributed by atoms with Crippen molar-refractivity contribution < 1.29 is 0 Å². The van der Waals surface area contributed by atoms with Gasteiger partial charge in [-0.15, -0.1) is 0 Å². The van der Waals surface area contributed by atoms with Crippen molar-refractivity contribution in [2.45, 2.75) is 37.9 Å². The lowest BCUT2D eigenvalue weighted by Crippen LogP contribution is -2.43. The molecule has 1 saturated heterocycles. The highest BCUT2D eigenvalue weighted by atomic mass is 32.2. The first-order chi connectivity index (χ1) is 8.96. The highest BCUT2D eigenvalue weighted by Crippen LogP contribution is 2.30. The van der Waals surface area contributed by atoms with E-state index in [4.69, 9.17) is 5.73 Å². The van der Waals surface area contributed by atoms with Crippen molar-refractivity contribution in [3.63, 3.8) is 0 Å². The van der Waals surface area contributed by atoms with E-state index in [1.165, 1.54) is 37.4 Å². The zero-order valence-corrected chi connectivity index (χ0v) is 13.2. The Bertz CT molecular complexity index is 400. The molecule has 1 aliphatic rings. The van der Waals surface area contributed by atoms with E-state index >= 15 is 0 Å². The Labute approximate surface area is 121 Å². The van der Waals surface area contributed by atoms with E-state index < -0.39 is 0 Å². The van der Waals surface area contributed by atoms with Gasteiger partial charge in [0, 0.05) is 29.3 Å². The van der Waals surface area contributed by atoms with Crippen molar-refractivity contribution in [3.05, 3.63) is 29.8 Å². The minimum absolute atomic E-state index is 0.419. The SMILES string of the molecule is CC(CCN1CCSC(C)(C)C1)c1ccc(N)cc1. The van der Waals surface area contributed by atoms with Gasteiger partial charge in [-0.25, -0.2) is 0 Å². The molecule has 0 bridgehead atoms. The molecule has 0 radical (unpaired) electrons. The fraction of sp³-hybridized carbons (Fsp3) is 0.625. The van der Waals surface area contributed by atoms with E-state index in [9.17, 15) is 0 Å². The molecule has 0 saturated carbocycles. The van der Waals surface area contributed by atoms with Gasteiger partial charge in [0.1, 0.15) is 0 Å². The second kappa shape index (κ2) is 6.19. The van der Waals surface area contributed by atoms with Gasteiger partial charge in [0.25, 0.3) is 0 Å². The highest BCUT2D eigenvalue weighted by molar-refractivity contribution is 8.00. The second-order valence-corrected chi connectivity index (χ2v) is 8.04. The summed E-state index contributed by atoms with van der Waals surface area (Å²) in [5, 5.41) is 0. The predicted molar refractivity (Wildman–Crippen MR) is 86.9 cm³/mol. The van der Waals surface area contributed by atoms with Crippen LogP contribution in [0.2, 0.25) is 0 Å². The van der Waals surface area contributed by atoms with E-state index in [1.54, 1.807) is 0 Å². The van der Waals surface area contributed by atoms with Crippen LogP contribution in [0.4, 0.5) is 5.69 Å². The summed E-state index contributed by atoms with van der Waals surface area (Å²) in [6.45, 7) is 10.7. The lowest BCUT2D eigenvalue weighted by Gasteiger charge is -2.38. The Balaban J connectivity index is 1.83. The lowest BCUT2D eigenvalue weighted by molar-refractivity contribution is 0.252. The third kappa shape index (κ3) is 4.43. The standard InChI is InChI=1S/C16H26N2S/c1-13(14-4-6-15(17)7-5-14)8-9-18-10-11-19-16(2,3)12-18/h4-7,13H,8-12,17H2,1-3H3. The predicted octanol–water partition coefficient (Wildman–Crippen LogP) is 3.59. The summed E-state index contributed by atoms with van der Waals surface area (Å²) in [4.78, 5) is 2.62. The van der Waals surface area contributed by atoms with E-state index in [2.05, 4.69) is 49.6 Å². The number of nitrogens with two attached hydrogens (primary N) is 1. The number of nitrogens with zero attached hydrogens (tertiary/aromatic N) is 1. The van der Waals surface area contributed by atoms with Gasteiger partial charge in [0.15, 0.2) is 0 Å². The summed E-state index contributed by atoms with van der Waals surface area (Å²) in [6, 6.07) is 8.34. The lowest BCUT2D eigenvalue weighted by atomic mass is 9.97. The minimum atomic E-state index is 0.419. The molecular weight excluding hydrogens is 252 g/mol. The summed E-state index contributed by atoms with van der Waals surface area (Å²) < 4.78 is 0.419. The summed E-state index contributed by atoms with van der Waals surface area (Å²) in [5.74, 6) is 1.88. The van der Waals surface area contributed by atoms with E-state index in [0.29, 0.717) is 10.7 Å². The third-order valence-corrected chi connectivity index (χ3v) is 5.19. The smallest absolute Gasteiger partial charge is 0.0314 e. The van der Waals surface area contributed by atoms with Crippen LogP contribution in [0.3, 0.4) is 0 Å². The maximum atomic E-state index is 5.74. The maximum absolute atomic E-state index is 5.74. The van der Waals surface area contributed by atoms with Gasteiger partial charge in [-0.05, 0) is 50.4 Å². The van der Waals surface area contributed by atoms with Crippen LogP contribution in [0.1, 0.15) is 38.7 Å². The maximum Gasteiger partial charge on any atom is 0.0314 e. The Morgan fingerprint density at radius 3 is 2.63 bits per heavy atom. The average Bonchev–Trinajstić information content (AvgIpc) is 2.36. The molecule has 0 aromatic heterocycles. The van der Waals surface area contributed by atoms with Crippen molar-refractivity contribution >= 4 is 17.4 Å². The number of hydrogen-bond acceptors (Lipinski definition) is 3. The zero-order valence-electron chi connectivity index (χ0n) is 12.4. The number of benzene rings is 1. The van der Waals surface area contributed by atoms with Gasteiger partial charge in [0.05, 0.1) is 0 Å². The van der Waals surface area contributed by atoms with Crippen molar-refractivity contribution in [1.29, 1.82) is 0 Å². The normalized spacial score (nSPS) is 21.2. The van der Waals surface area contributed by atoms with Crippen LogP contribution >= 0.6 is 11.8 Å². The molecule has 1 heterocycles. The fourth-order valence-electron chi connectivity index (χ4n) is 2.67. The Morgan fingerprint density at radius 2 is 2.00 bits per heavy atom. The molecule has 0 amide bonds. The van der Waals surface area contributed by atoms with Crippen LogP contribution in [0.5, 0.6) is 0 Å². The average molecular weight is 278 g/mol. The Hall–Kier alpha value is -0.670. The van der Waals surface area contributed by atoms with Crippen LogP contribution in [-0.2, 0) is 0 Å². The molecule has 3 heteroatoms. The molecule has 106 valence electrons. The molecule has 0 spiro atoms. The molecule has 1 atom stereocenters. The Morgan fingerprint density at radius 1 is 1.32 bits per heavy atom. The molecule has 1 fully saturated rings. The van der Waals surface area contributed by atoms with Crippen LogP contribution in [0.15, 0.2) is 24.3 Å². The van der Waals surface area contributed by atoms with E-state index in [1.807, 2.05) is 12.1 Å². The molecule has 1 aromatic rings. The number of anilines is 1. The molecule has 0 aliphatic carbocycles. The number of hydrogen-bond donors (Lipinski definition) is 1. The van der Waals surface area contributed by atoms with E-state index in [-0.39, 0.29) is 0 Å². The second-order valence-electron chi connectivity index (χ2n) is 6.24. The zero-order chi connectivity index (χ0) is 13.9. The first kappa shape index (κ1) is 14.7. The van der Waals surface area contributed by atoms with E-state index in [0.717, 1.165) is 5.69 Å². The van der Waals surface area contributed by atoms with Gasteiger partial charge in [0.2, 0.25) is 0 Å². The molecule has 2 nitrogen and oxygen atoms in total. The van der Waals surface area contributed by atoms with Crippen LogP contribution < -0.4 is 5.73 Å². The number of rotatable bonds is 4. The number of thioether (sulfide) groups is 1. The van der Waals surface area contributed by atoms with Crippen molar-refractivity contribution in [3.8, 4) is 0 Å². The minimum Gasteiger partial charge on any atom is -0.399 e. The van der Waals surface area contributed by atoms with Gasteiger partial charge in [-0.2, -0.15) is 11.8 Å². The third-order valence-electron chi connectivity index (χ3n) is 3.89. The molecule has 2 rings (SSSR count). The number of nitrogen functional groups attached to an aromatic ring is 1. The molecule has 1 aliphatic heterocycles. The van der Waals surface area contributed by atoms with Crippen LogP contribution in [0.25, 0.3) is 0 Å². The molecule has 2 N–H and O–H groups in total. The van der Waals surface area contributed by atoms with Gasteiger partial charge in [-0.1, -0.05) is 19.1 Å². The molecular formula is C16H26N2S. The topological polar surface area (TPSA) is 29.3 Å². The Kier molecular flexibility index (Phi) is 4.80. The van der Waals surface area contributed by atoms with Gasteiger partial charge < -0.3 is 10.6 Å². The fourth-order valence-corrected chi connectivity index (χ4v) is 3.85. The van der Waals surface area contributed by atoms with Crippen molar-refractivity contribution in [1.82, 2.24) is 4.90 Å². The highest BCUT2D eigenvalue weighted by Gasteiger charge is 2.26. The molecule has 1 aromatic carbocycles. The first-order valence-electron chi connectivity index (χ1n) is 7.18. The summed E-state index contributed by atoms with van der Waals surface area (Å²) >= 11 is 2.10. The van der Waals surface area contributed by atoms with Gasteiger partial charge in [-0.3, -0.25) is 0 Å². The summed E-state index contributed by atoms with van der Waals surface area (Å²) in [5.41, 5.74) is 7.99. The van der Waals surface area contributed by atoms with Gasteiger partial charge >= 0.3 is 0 Å². The molecule has 19 heavy (non-hydrogen) atoms. The first-order valence-corrected chi connectivity index (χ1v) is 8.16. The van der Waals surface area contributed by atoms with Crippen LogP contribution in [0, 0.1) is 0 Å². The van der Waals surface area contributed by atoms with Crippen LogP contribution in [-0.4, -0.2) is 35.0 Å². The monoisotopic (exact) mass is 278 g/mol.